The molecule has 1 amide bonds. The third kappa shape index (κ3) is 4.82. The molecule has 1 saturated heterocycles. The van der Waals surface area contributed by atoms with Gasteiger partial charge in [-0.3, -0.25) is 20.2 Å². The summed E-state index contributed by atoms with van der Waals surface area (Å²) in [5.74, 6) is -0.0386. The fourth-order valence-electron chi connectivity index (χ4n) is 5.39. The number of carbonyl (C=O) groups excluding carboxylic acids is 1. The number of fused-ring (bicyclic) bond motifs is 1. The molecule has 5 rings (SSSR count). The minimum Gasteiger partial charge on any atom is -0.393 e. The quantitative estimate of drug-likeness (QED) is 0.340. The minimum absolute atomic E-state index is 0.0848. The Morgan fingerprint density at radius 3 is 2.69 bits per heavy atom. The van der Waals surface area contributed by atoms with Crippen LogP contribution >= 0.6 is 11.3 Å². The van der Waals surface area contributed by atoms with E-state index in [4.69, 9.17) is 4.98 Å². The second-order valence-corrected chi connectivity index (χ2v) is 10.8. The number of imidazole rings is 1. The first-order chi connectivity index (χ1) is 17.3. The zero-order valence-electron chi connectivity index (χ0n) is 20.2. The molecule has 2 fully saturated rings. The predicted molar refractivity (Wildman–Crippen MR) is 139 cm³/mol. The fraction of sp³-hybridized carbons (Fsp3) is 0.520. The van der Waals surface area contributed by atoms with Crippen LogP contribution in [0.25, 0.3) is 11.0 Å². The van der Waals surface area contributed by atoms with Crippen LogP contribution < -0.4 is 10.2 Å². The molecule has 0 spiro atoms. The topological polar surface area (TPSA) is 134 Å². The Kier molecular flexibility index (Phi) is 6.96. The summed E-state index contributed by atoms with van der Waals surface area (Å²) in [6.07, 6.45) is 4.41. The van der Waals surface area contributed by atoms with Crippen LogP contribution in [0.5, 0.6) is 0 Å². The monoisotopic (exact) mass is 513 g/mol. The van der Waals surface area contributed by atoms with E-state index in [1.165, 1.54) is 6.07 Å². The van der Waals surface area contributed by atoms with Gasteiger partial charge in [0.05, 0.1) is 28.2 Å². The number of aliphatic hydroxyl groups is 2. The zero-order chi connectivity index (χ0) is 25.4. The van der Waals surface area contributed by atoms with Gasteiger partial charge in [-0.05, 0) is 63.5 Å². The van der Waals surface area contributed by atoms with Gasteiger partial charge in [0.15, 0.2) is 5.00 Å². The normalized spacial score (nSPS) is 23.0. The molecule has 1 aromatic carbocycles. The number of aryl methyl sites for hydroxylation is 1. The molecule has 0 unspecified atom stereocenters. The molecule has 1 atom stereocenters. The van der Waals surface area contributed by atoms with Crippen LogP contribution in [0.4, 0.5) is 16.6 Å². The number of aromatic nitrogens is 2. The van der Waals surface area contributed by atoms with Gasteiger partial charge in [-0.15, -0.1) is 11.3 Å². The molecule has 3 N–H and O–H groups in total. The molecule has 0 bridgehead atoms. The lowest BCUT2D eigenvalue weighted by Crippen LogP contribution is -2.30. The number of nitrogens with zero attached hydrogens (tertiary/aromatic N) is 4. The van der Waals surface area contributed by atoms with Crippen molar-refractivity contribution in [2.24, 2.45) is 0 Å². The van der Waals surface area contributed by atoms with E-state index in [-0.39, 0.29) is 22.7 Å². The summed E-state index contributed by atoms with van der Waals surface area (Å²) in [6, 6.07) is 7.25. The van der Waals surface area contributed by atoms with E-state index >= 15 is 0 Å². The van der Waals surface area contributed by atoms with Gasteiger partial charge in [0.1, 0.15) is 4.88 Å². The molecule has 11 heteroatoms. The maximum absolute atomic E-state index is 13.4. The number of aliphatic hydroxyl groups excluding tert-OH is 2. The van der Waals surface area contributed by atoms with Crippen LogP contribution in [0.1, 0.15) is 66.2 Å². The van der Waals surface area contributed by atoms with Crippen molar-refractivity contribution in [2.75, 3.05) is 23.3 Å². The highest BCUT2D eigenvalue weighted by Gasteiger charge is 2.30. The van der Waals surface area contributed by atoms with Crippen molar-refractivity contribution in [3.63, 3.8) is 0 Å². The summed E-state index contributed by atoms with van der Waals surface area (Å²) >= 11 is 1.08. The van der Waals surface area contributed by atoms with E-state index in [0.717, 1.165) is 53.6 Å². The van der Waals surface area contributed by atoms with Crippen molar-refractivity contribution in [1.82, 2.24) is 9.55 Å². The van der Waals surface area contributed by atoms with Crippen molar-refractivity contribution in [2.45, 2.75) is 70.1 Å². The first-order valence-corrected chi connectivity index (χ1v) is 13.3. The Labute approximate surface area is 212 Å². The van der Waals surface area contributed by atoms with Crippen LogP contribution in [0, 0.1) is 17.0 Å². The fourth-order valence-corrected chi connectivity index (χ4v) is 6.44. The van der Waals surface area contributed by atoms with Crippen LogP contribution in [0.2, 0.25) is 0 Å². The smallest absolute Gasteiger partial charge is 0.304 e. The summed E-state index contributed by atoms with van der Waals surface area (Å²) in [7, 11) is 0. The second kappa shape index (κ2) is 10.2. The molecule has 3 aromatic rings. The molecule has 2 aliphatic rings. The van der Waals surface area contributed by atoms with Crippen LogP contribution in [-0.4, -0.2) is 55.9 Å². The Morgan fingerprint density at radius 1 is 1.17 bits per heavy atom. The Balaban J connectivity index is 1.48. The number of β-amino-alcohol motifs (C(OH)–C–C–N with tert-alkyl or cyclic N) is 1. The number of anilines is 2. The number of thiophene rings is 1. The molecule has 0 radical (unpaired) electrons. The number of amides is 1. The molecule has 3 heterocycles. The number of hydrogen-bond donors (Lipinski definition) is 3. The average Bonchev–Trinajstić information content (AvgIpc) is 3.38. The number of hydrogen-bond acceptors (Lipinski definition) is 8. The predicted octanol–water partition coefficient (Wildman–Crippen LogP) is 4.39. The van der Waals surface area contributed by atoms with Crippen LogP contribution in [0.15, 0.2) is 24.3 Å². The van der Waals surface area contributed by atoms with E-state index in [2.05, 4.69) is 9.88 Å². The van der Waals surface area contributed by atoms with Gasteiger partial charge in [0, 0.05) is 25.2 Å². The number of nitro groups is 1. The van der Waals surface area contributed by atoms with Gasteiger partial charge < -0.3 is 19.7 Å². The summed E-state index contributed by atoms with van der Waals surface area (Å²) in [6.45, 7) is 2.92. The Hall–Kier alpha value is -3.02. The molecular formula is C25H31N5O5S. The van der Waals surface area contributed by atoms with Crippen molar-refractivity contribution in [3.05, 3.63) is 44.8 Å². The lowest BCUT2D eigenvalue weighted by Gasteiger charge is -2.28. The minimum atomic E-state index is -0.552. The van der Waals surface area contributed by atoms with E-state index in [0.29, 0.717) is 43.3 Å². The molecule has 192 valence electrons. The zero-order valence-corrected chi connectivity index (χ0v) is 21.0. The number of carbonyl (C=O) groups is 1. The van der Waals surface area contributed by atoms with Crippen LogP contribution in [0.3, 0.4) is 0 Å². The van der Waals surface area contributed by atoms with Gasteiger partial charge in [0.25, 0.3) is 5.91 Å². The maximum atomic E-state index is 13.4. The second-order valence-electron chi connectivity index (χ2n) is 9.82. The van der Waals surface area contributed by atoms with Gasteiger partial charge in [-0.1, -0.05) is 12.1 Å². The molecule has 36 heavy (non-hydrogen) atoms. The first-order valence-electron chi connectivity index (χ1n) is 12.5. The molecular weight excluding hydrogens is 482 g/mol. The lowest BCUT2D eigenvalue weighted by atomic mass is 9.92. The first kappa shape index (κ1) is 24.7. The number of benzene rings is 1. The Bertz CT molecular complexity index is 1280. The molecule has 10 nitrogen and oxygen atoms in total. The molecule has 1 aliphatic carbocycles. The van der Waals surface area contributed by atoms with Gasteiger partial charge in [0.2, 0.25) is 5.95 Å². The van der Waals surface area contributed by atoms with Crippen molar-refractivity contribution < 1.29 is 19.9 Å². The van der Waals surface area contributed by atoms with Crippen molar-refractivity contribution >= 4 is 44.9 Å². The van der Waals surface area contributed by atoms with Crippen molar-refractivity contribution in [3.8, 4) is 0 Å². The number of nitrogens with one attached hydrogen (secondary N) is 1. The summed E-state index contributed by atoms with van der Waals surface area (Å²) in [5.41, 5.74) is 2.64. The van der Waals surface area contributed by atoms with E-state index in [9.17, 15) is 25.1 Å². The van der Waals surface area contributed by atoms with Gasteiger partial charge >= 0.3 is 5.69 Å². The summed E-state index contributed by atoms with van der Waals surface area (Å²) in [5, 5.41) is 35.4. The largest absolute Gasteiger partial charge is 0.393 e. The standard InChI is InChI=1S/C25H31N5O5S/c1-15-5-4-7-19-22(15)29(16-8-10-17(31)11-9-16)25(26-19)27-23(33)21-13-20(30(34)35)24(36-21)28-12-3-2-6-18(32)14-28/h4-5,7,13,16-18,31-32H,2-3,6,8-12,14H2,1H3,(H,26,27,33)/t16?,17?,18-/m0/s1. The van der Waals surface area contributed by atoms with Gasteiger partial charge in [-0.25, -0.2) is 4.98 Å². The van der Waals surface area contributed by atoms with Gasteiger partial charge in [-0.2, -0.15) is 0 Å². The van der Waals surface area contributed by atoms with E-state index in [1.54, 1.807) is 0 Å². The molecule has 1 aliphatic heterocycles. The Morgan fingerprint density at radius 2 is 1.94 bits per heavy atom. The maximum Gasteiger partial charge on any atom is 0.304 e. The number of rotatable bonds is 5. The SMILES string of the molecule is Cc1cccc2nc(NC(=O)c3cc([N+](=O)[O-])c(N4CCCC[C@H](O)C4)s3)n(C3CCC(O)CC3)c12. The third-order valence-electron chi connectivity index (χ3n) is 7.22. The molecule has 1 saturated carbocycles. The third-order valence-corrected chi connectivity index (χ3v) is 8.40. The highest BCUT2D eigenvalue weighted by Crippen LogP contribution is 2.40. The van der Waals surface area contributed by atoms with E-state index < -0.39 is 16.9 Å². The van der Waals surface area contributed by atoms with Crippen LogP contribution in [-0.2, 0) is 0 Å². The summed E-state index contributed by atoms with van der Waals surface area (Å²) in [4.78, 5) is 31.5. The lowest BCUT2D eigenvalue weighted by molar-refractivity contribution is -0.383. The highest BCUT2D eigenvalue weighted by atomic mass is 32.1. The number of para-hydroxylation sites is 1. The molecule has 2 aromatic heterocycles. The summed E-state index contributed by atoms with van der Waals surface area (Å²) < 4.78 is 2.06. The highest BCUT2D eigenvalue weighted by molar-refractivity contribution is 7.18. The van der Waals surface area contributed by atoms with E-state index in [1.807, 2.05) is 30.0 Å². The average molecular weight is 514 g/mol. The van der Waals surface area contributed by atoms with Crippen molar-refractivity contribution in [1.29, 1.82) is 0 Å².